The maximum absolute atomic E-state index is 12.6. The Labute approximate surface area is 355 Å². The monoisotopic (exact) mass is 958 g/mol. The molecule has 7 aromatic heterocycles. The van der Waals surface area contributed by atoms with Gasteiger partial charge in [-0.1, -0.05) is 0 Å². The molecule has 0 fully saturated rings. The van der Waals surface area contributed by atoms with E-state index >= 15 is 0 Å². The molecule has 0 amide bonds. The Kier molecular flexibility index (Phi) is 9.65. The Balaban J connectivity index is 1.62. The molecule has 0 saturated heterocycles. The Bertz CT molecular complexity index is 3680. The van der Waals surface area contributed by atoms with Gasteiger partial charge in [0, 0.05) is 42.4 Å². The molecule has 60 heavy (non-hydrogen) atoms. The van der Waals surface area contributed by atoms with Gasteiger partial charge in [-0.15, -0.1) is 45.3 Å². The number of nitrogens with one attached hydrogen (secondary N) is 1. The number of H-pyrrole nitrogens is 1. The van der Waals surface area contributed by atoms with Crippen molar-refractivity contribution in [1.29, 1.82) is 0 Å². The van der Waals surface area contributed by atoms with Crippen LogP contribution in [0.15, 0.2) is 95.7 Å². The first-order chi connectivity index (χ1) is 28.2. The van der Waals surface area contributed by atoms with Crippen LogP contribution in [0.1, 0.15) is 22.8 Å². The first-order valence-corrected chi connectivity index (χ1v) is 25.7. The zero-order chi connectivity index (χ0) is 42.5. The van der Waals surface area contributed by atoms with Crippen molar-refractivity contribution in [1.82, 2.24) is 19.5 Å². The van der Waals surface area contributed by atoms with Crippen LogP contribution in [0.5, 0.6) is 0 Å². The van der Waals surface area contributed by atoms with Crippen molar-refractivity contribution in [2.24, 2.45) is 0 Å². The summed E-state index contributed by atoms with van der Waals surface area (Å²) in [4.78, 5) is 13.5. The van der Waals surface area contributed by atoms with Crippen LogP contribution < -0.4 is 0 Å². The zero-order valence-electron chi connectivity index (χ0n) is 29.5. The molecule has 8 bridgehead atoms. The van der Waals surface area contributed by atoms with Crippen molar-refractivity contribution in [2.75, 3.05) is 0 Å². The largest absolute Gasteiger partial charge is 0.355 e. The third-order valence-electron chi connectivity index (χ3n) is 8.96. The fourth-order valence-electron chi connectivity index (χ4n) is 6.60. The van der Waals surface area contributed by atoms with Crippen LogP contribution in [0.4, 0.5) is 0 Å². The highest BCUT2D eigenvalue weighted by Gasteiger charge is 2.31. The maximum atomic E-state index is 12.6. The molecular weight excluding hydrogens is 937 g/mol. The molecule has 16 nitrogen and oxygen atoms in total. The minimum Gasteiger partial charge on any atom is -0.355 e. The summed E-state index contributed by atoms with van der Waals surface area (Å²) in [5.74, 6) is 0. The quantitative estimate of drug-likeness (QED) is 0.0897. The van der Waals surface area contributed by atoms with Crippen LogP contribution in [0.25, 0.3) is 82.7 Å². The lowest BCUT2D eigenvalue weighted by Gasteiger charge is -2.10. The molecule has 7 aromatic rings. The number of aromatic amines is 1. The van der Waals surface area contributed by atoms with E-state index in [-0.39, 0.29) is 53.1 Å². The van der Waals surface area contributed by atoms with Crippen LogP contribution in [-0.2, 0) is 40.5 Å². The smallest absolute Gasteiger partial charge is 0.304 e. The molecule has 0 saturated carbocycles. The van der Waals surface area contributed by atoms with E-state index in [2.05, 4.69) is 4.98 Å². The van der Waals surface area contributed by atoms with E-state index < -0.39 is 57.3 Å². The average Bonchev–Trinajstić information content (AvgIpc) is 3.99. The van der Waals surface area contributed by atoms with E-state index in [1.165, 1.54) is 30.3 Å². The summed E-state index contributed by atoms with van der Waals surface area (Å²) in [5.41, 5.74) is 3.70. The van der Waals surface area contributed by atoms with E-state index in [9.17, 15) is 51.9 Å². The van der Waals surface area contributed by atoms with Crippen LogP contribution in [-0.4, -0.2) is 71.4 Å². The van der Waals surface area contributed by atoms with E-state index in [1.807, 2.05) is 12.1 Å². The van der Waals surface area contributed by atoms with Crippen molar-refractivity contribution in [3.63, 3.8) is 0 Å². The minimum atomic E-state index is -4.79. The average molecular weight is 959 g/mol. The van der Waals surface area contributed by atoms with Crippen LogP contribution >= 0.6 is 45.3 Å². The van der Waals surface area contributed by atoms with Gasteiger partial charge in [-0.05, 0) is 103 Å². The third-order valence-corrected chi connectivity index (χ3v) is 18.6. The van der Waals surface area contributed by atoms with Crippen molar-refractivity contribution in [2.45, 2.75) is 16.8 Å². The van der Waals surface area contributed by atoms with Crippen molar-refractivity contribution in [3.05, 3.63) is 102 Å². The zero-order valence-corrected chi connectivity index (χ0v) is 36.0. The number of aromatic nitrogens is 4. The summed E-state index contributed by atoms with van der Waals surface area (Å²) < 4.78 is 141. The third kappa shape index (κ3) is 7.54. The molecule has 24 heteroatoms. The van der Waals surface area contributed by atoms with Crippen molar-refractivity contribution >= 4 is 132 Å². The van der Waals surface area contributed by atoms with Gasteiger partial charge < -0.3 is 4.98 Å². The minimum absolute atomic E-state index is 0.117. The van der Waals surface area contributed by atoms with Crippen LogP contribution in [0.2, 0.25) is 0 Å². The lowest BCUT2D eigenvalue weighted by molar-refractivity contribution is 0.483. The van der Waals surface area contributed by atoms with Gasteiger partial charge in [-0.2, -0.15) is 33.7 Å². The fourth-order valence-corrected chi connectivity index (χ4v) is 13.5. The number of nitrogens with zero attached hydrogens (tertiary/aromatic N) is 3. The van der Waals surface area contributed by atoms with Gasteiger partial charge in [0.1, 0.15) is 21.8 Å². The molecule has 0 radical (unpaired) electrons. The van der Waals surface area contributed by atoms with Crippen LogP contribution in [0.3, 0.4) is 0 Å². The highest BCUT2D eigenvalue weighted by Crippen LogP contribution is 2.52. The topological polar surface area (TPSA) is 264 Å². The second-order valence-corrected chi connectivity index (χ2v) is 23.8. The van der Waals surface area contributed by atoms with Gasteiger partial charge in [0.15, 0.2) is 0 Å². The standard InChI is InChI=1S/C36H22N4O12S8/c41-57(42,43)29-11-7-25(53-29)33-23-6-5-21(39-23)16-20-2-1-18(37-20)15-19-3-4-22(38-19)17-24-34(26-8-12-30(54-26)58(44,45)46)35(27-9-13-31(55-27)59(47,48)49)36(33)40(24)28-10-14-32(56-28)60(50,51)52/h1-17,37H,(H,41,42,43)(H,44,45,46)(H,47,48,49)(H,50,51,52). The predicted molar refractivity (Wildman–Crippen MR) is 231 cm³/mol. The fraction of sp³-hybridized carbons (Fsp3) is 0. The second kappa shape index (κ2) is 14.3. The van der Waals surface area contributed by atoms with Gasteiger partial charge in [0.25, 0.3) is 0 Å². The molecular formula is C36H22N4O12S8. The van der Waals surface area contributed by atoms with Crippen LogP contribution in [0, 0.1) is 0 Å². The molecule has 2 aliphatic rings. The number of hydrogen-bond acceptors (Lipinski definition) is 14. The van der Waals surface area contributed by atoms with Crippen molar-refractivity contribution in [3.8, 4) is 36.3 Å². The molecule has 2 aliphatic heterocycles. The van der Waals surface area contributed by atoms with E-state index in [0.717, 1.165) is 18.2 Å². The molecule has 0 aromatic carbocycles. The molecule has 0 unspecified atom stereocenters. The van der Waals surface area contributed by atoms with Gasteiger partial charge in [-0.3, -0.25) is 22.8 Å². The Morgan fingerprint density at radius 2 is 0.900 bits per heavy atom. The molecule has 0 atom stereocenters. The van der Waals surface area contributed by atoms with E-state index in [0.29, 0.717) is 73.5 Å². The highest BCUT2D eigenvalue weighted by molar-refractivity contribution is 7.89. The normalized spacial score (nSPS) is 13.4. The Morgan fingerprint density at radius 3 is 1.40 bits per heavy atom. The molecule has 9 heterocycles. The molecule has 306 valence electrons. The lowest BCUT2D eigenvalue weighted by Crippen LogP contribution is -1.95. The highest BCUT2D eigenvalue weighted by atomic mass is 32.3. The van der Waals surface area contributed by atoms with Gasteiger partial charge in [0.2, 0.25) is 0 Å². The maximum Gasteiger partial charge on any atom is 0.304 e. The first kappa shape index (κ1) is 40.4. The predicted octanol–water partition coefficient (Wildman–Crippen LogP) is 8.35. The SMILES string of the molecule is O=S(=O)(O)c1ccc(-c2c(-c3ccc(S(=O)(=O)O)s3)c3c(-c4ccc(S(=O)(=O)O)s4)c4nc(cc5ccc(cc6nc(cc2n3-c2ccc(S(=O)(=O)O)s2)C=C6)[nH]5)C=C4)s1. The van der Waals surface area contributed by atoms with E-state index in [4.69, 9.17) is 9.97 Å². The lowest BCUT2D eigenvalue weighted by atomic mass is 10.0. The van der Waals surface area contributed by atoms with Gasteiger partial charge in [0.05, 0.1) is 33.8 Å². The molecule has 0 spiro atoms. The first-order valence-electron chi connectivity index (χ1n) is 16.7. The second-order valence-electron chi connectivity index (χ2n) is 12.9. The molecule has 5 N–H and O–H groups in total. The summed E-state index contributed by atoms with van der Waals surface area (Å²) >= 11 is 2.60. The molecule has 0 aliphatic carbocycles. The summed E-state index contributed by atoms with van der Waals surface area (Å²) in [6.45, 7) is 0. The molecule has 9 rings (SSSR count). The summed E-state index contributed by atoms with van der Waals surface area (Å²) in [6.07, 6.45) is 6.73. The number of thiophene rings is 4. The summed E-state index contributed by atoms with van der Waals surface area (Å²) in [6, 6.07) is 19.1. The van der Waals surface area contributed by atoms with Gasteiger partial charge >= 0.3 is 40.5 Å². The number of hydrogen-bond donors (Lipinski definition) is 5. The Morgan fingerprint density at radius 1 is 0.467 bits per heavy atom. The summed E-state index contributed by atoms with van der Waals surface area (Å²) in [5, 5.41) is 0.133. The van der Waals surface area contributed by atoms with Crippen molar-refractivity contribution < 1.29 is 51.9 Å². The van der Waals surface area contributed by atoms with Gasteiger partial charge in [-0.25, -0.2) is 9.97 Å². The summed E-state index contributed by atoms with van der Waals surface area (Å²) in [7, 11) is -19.1. The van der Waals surface area contributed by atoms with E-state index in [1.54, 1.807) is 47.1 Å². The number of rotatable bonds is 8. The Hall–Kier alpha value is -4.96. The number of fused-ring (bicyclic) bond motifs is 8.